The van der Waals surface area contributed by atoms with Crippen LogP contribution in [0.5, 0.6) is 0 Å². The van der Waals surface area contributed by atoms with Gasteiger partial charge in [-0.25, -0.2) is 8.42 Å². The van der Waals surface area contributed by atoms with Crippen molar-refractivity contribution >= 4 is 21.9 Å². The van der Waals surface area contributed by atoms with Crippen molar-refractivity contribution in [1.29, 1.82) is 0 Å². The van der Waals surface area contributed by atoms with Crippen molar-refractivity contribution in [2.45, 2.75) is 31.1 Å². The number of amides is 1. The zero-order valence-electron chi connectivity index (χ0n) is 8.79. The summed E-state index contributed by atoms with van der Waals surface area (Å²) in [4.78, 5) is 21.7. The van der Waals surface area contributed by atoms with Crippen molar-refractivity contribution in [3.63, 3.8) is 0 Å². The minimum absolute atomic E-state index is 0.146. The highest BCUT2D eigenvalue weighted by molar-refractivity contribution is 7.90. The number of nitrogens with zero attached hydrogens (tertiary/aromatic N) is 1. The van der Waals surface area contributed by atoms with Gasteiger partial charge in [0.1, 0.15) is 6.04 Å². The molecule has 1 rings (SSSR count). The van der Waals surface area contributed by atoms with Crippen LogP contribution in [0.2, 0.25) is 0 Å². The monoisotopic (exact) mass is 250 g/mol. The molecule has 0 bridgehead atoms. The zero-order valence-corrected chi connectivity index (χ0v) is 9.61. The van der Waals surface area contributed by atoms with Crippen LogP contribution in [0.1, 0.15) is 19.8 Å². The first kappa shape index (κ1) is 12.9. The van der Waals surface area contributed by atoms with E-state index in [4.69, 9.17) is 10.8 Å². The van der Waals surface area contributed by atoms with E-state index in [0.717, 1.165) is 11.2 Å². The second kappa shape index (κ2) is 4.38. The standard InChI is InChI=1S/C8H14N2O5S/c1-5(8(12)13)16(14,15)10-4-2-3-6(10)7(9)11/h5-6H,2-4H2,1H3,(H2,9,11)(H,12,13). The van der Waals surface area contributed by atoms with E-state index in [1.165, 1.54) is 0 Å². The van der Waals surface area contributed by atoms with Crippen LogP contribution in [0.25, 0.3) is 0 Å². The largest absolute Gasteiger partial charge is 0.480 e. The van der Waals surface area contributed by atoms with Gasteiger partial charge in [0.15, 0.2) is 5.25 Å². The topological polar surface area (TPSA) is 118 Å². The van der Waals surface area contributed by atoms with Gasteiger partial charge in [0.05, 0.1) is 0 Å². The molecule has 92 valence electrons. The molecule has 0 aromatic carbocycles. The van der Waals surface area contributed by atoms with Gasteiger partial charge in [-0.05, 0) is 19.8 Å². The fourth-order valence-electron chi connectivity index (χ4n) is 1.66. The fraction of sp³-hybridized carbons (Fsp3) is 0.750. The maximum atomic E-state index is 11.8. The summed E-state index contributed by atoms with van der Waals surface area (Å²) in [5.74, 6) is -2.17. The molecule has 2 atom stereocenters. The number of carbonyl (C=O) groups is 2. The van der Waals surface area contributed by atoms with Gasteiger partial charge in [-0.15, -0.1) is 0 Å². The van der Waals surface area contributed by atoms with Crippen molar-refractivity contribution in [1.82, 2.24) is 4.31 Å². The lowest BCUT2D eigenvalue weighted by Gasteiger charge is -2.23. The van der Waals surface area contributed by atoms with Gasteiger partial charge in [-0.2, -0.15) is 4.31 Å². The van der Waals surface area contributed by atoms with Gasteiger partial charge < -0.3 is 10.8 Å². The van der Waals surface area contributed by atoms with Crippen LogP contribution in [0.3, 0.4) is 0 Å². The smallest absolute Gasteiger partial charge is 0.323 e. The first-order valence-electron chi connectivity index (χ1n) is 4.81. The van der Waals surface area contributed by atoms with Crippen molar-refractivity contribution in [2.24, 2.45) is 5.73 Å². The van der Waals surface area contributed by atoms with Gasteiger partial charge in [0.2, 0.25) is 15.9 Å². The average molecular weight is 250 g/mol. The number of primary amides is 1. The third kappa shape index (κ3) is 2.17. The lowest BCUT2D eigenvalue weighted by molar-refractivity contribution is -0.136. The summed E-state index contributed by atoms with van der Waals surface area (Å²) in [5, 5.41) is 7.12. The van der Waals surface area contributed by atoms with Crippen LogP contribution in [-0.2, 0) is 19.6 Å². The molecule has 0 spiro atoms. The molecular formula is C8H14N2O5S. The van der Waals surface area contributed by atoms with Gasteiger partial charge in [0, 0.05) is 6.54 Å². The number of nitrogens with two attached hydrogens (primary N) is 1. The zero-order chi connectivity index (χ0) is 12.5. The van der Waals surface area contributed by atoms with Crippen LogP contribution < -0.4 is 5.73 Å². The molecule has 1 aliphatic rings. The molecule has 2 unspecified atom stereocenters. The second-order valence-corrected chi connectivity index (χ2v) is 5.90. The number of carboxylic acid groups (broad SMARTS) is 1. The summed E-state index contributed by atoms with van der Waals surface area (Å²) in [6.07, 6.45) is 0.861. The number of rotatable bonds is 4. The number of hydrogen-bond donors (Lipinski definition) is 2. The van der Waals surface area contributed by atoms with Gasteiger partial charge >= 0.3 is 5.97 Å². The minimum atomic E-state index is -4.00. The average Bonchev–Trinajstić information content (AvgIpc) is 2.65. The van der Waals surface area contributed by atoms with E-state index < -0.39 is 33.2 Å². The van der Waals surface area contributed by atoms with Crippen LogP contribution in [0, 0.1) is 0 Å². The van der Waals surface area contributed by atoms with Gasteiger partial charge in [0.25, 0.3) is 0 Å². The van der Waals surface area contributed by atoms with E-state index in [1.54, 1.807) is 0 Å². The SMILES string of the molecule is CC(C(=O)O)S(=O)(=O)N1CCCC1C(N)=O. The summed E-state index contributed by atoms with van der Waals surface area (Å²) >= 11 is 0. The van der Waals surface area contributed by atoms with Crippen molar-refractivity contribution < 1.29 is 23.1 Å². The summed E-state index contributed by atoms with van der Waals surface area (Å²) in [7, 11) is -4.00. The molecule has 1 saturated heterocycles. The van der Waals surface area contributed by atoms with Crippen molar-refractivity contribution in [3.05, 3.63) is 0 Å². The predicted molar refractivity (Wildman–Crippen MR) is 54.9 cm³/mol. The normalized spacial score (nSPS) is 24.2. The number of hydrogen-bond acceptors (Lipinski definition) is 4. The Morgan fingerprint density at radius 2 is 2.06 bits per heavy atom. The Bertz CT molecular complexity index is 405. The Labute approximate surface area is 93.3 Å². The lowest BCUT2D eigenvalue weighted by atomic mass is 10.2. The summed E-state index contributed by atoms with van der Waals surface area (Å²) in [6, 6.07) is -0.910. The second-order valence-electron chi connectivity index (χ2n) is 3.70. The maximum absolute atomic E-state index is 11.8. The van der Waals surface area contributed by atoms with Crippen LogP contribution in [0.4, 0.5) is 0 Å². The van der Waals surface area contributed by atoms with E-state index in [1.807, 2.05) is 0 Å². The van der Waals surface area contributed by atoms with Crippen molar-refractivity contribution in [3.8, 4) is 0 Å². The Balaban J connectivity index is 3.00. The molecule has 3 N–H and O–H groups in total. The highest BCUT2D eigenvalue weighted by atomic mass is 32.2. The summed E-state index contributed by atoms with van der Waals surface area (Å²) in [6.45, 7) is 1.22. The molecule has 1 aliphatic heterocycles. The molecule has 1 fully saturated rings. The van der Waals surface area contributed by atoms with E-state index in [0.29, 0.717) is 12.8 Å². The number of carboxylic acids is 1. The van der Waals surface area contributed by atoms with Crippen molar-refractivity contribution in [2.75, 3.05) is 6.54 Å². The first-order valence-corrected chi connectivity index (χ1v) is 6.31. The minimum Gasteiger partial charge on any atom is -0.480 e. The highest BCUT2D eigenvalue weighted by Gasteiger charge is 2.42. The van der Waals surface area contributed by atoms with Crippen LogP contribution in [-0.4, -0.2) is 47.5 Å². The summed E-state index contributed by atoms with van der Waals surface area (Å²) < 4.78 is 24.5. The maximum Gasteiger partial charge on any atom is 0.323 e. The van der Waals surface area contributed by atoms with E-state index in [2.05, 4.69) is 0 Å². The first-order chi connectivity index (χ1) is 7.28. The fourth-order valence-corrected chi connectivity index (χ4v) is 3.27. The molecule has 0 aromatic heterocycles. The van der Waals surface area contributed by atoms with E-state index in [-0.39, 0.29) is 6.54 Å². The lowest BCUT2D eigenvalue weighted by Crippen LogP contribution is -2.48. The molecular weight excluding hydrogens is 236 g/mol. The van der Waals surface area contributed by atoms with Crippen LogP contribution >= 0.6 is 0 Å². The third-order valence-electron chi connectivity index (χ3n) is 2.65. The van der Waals surface area contributed by atoms with Gasteiger partial charge in [-0.1, -0.05) is 0 Å². The molecule has 0 radical (unpaired) electrons. The third-order valence-corrected chi connectivity index (χ3v) is 4.84. The molecule has 1 amide bonds. The Kier molecular flexibility index (Phi) is 3.54. The van der Waals surface area contributed by atoms with E-state index >= 15 is 0 Å². The summed E-state index contributed by atoms with van der Waals surface area (Å²) in [5.41, 5.74) is 5.07. The number of sulfonamides is 1. The molecule has 0 aromatic rings. The van der Waals surface area contributed by atoms with Gasteiger partial charge in [-0.3, -0.25) is 9.59 Å². The Morgan fingerprint density at radius 3 is 2.50 bits per heavy atom. The number of carbonyl (C=O) groups excluding carboxylic acids is 1. The molecule has 8 heteroatoms. The van der Waals surface area contributed by atoms with E-state index in [9.17, 15) is 18.0 Å². The molecule has 7 nitrogen and oxygen atoms in total. The van der Waals surface area contributed by atoms with Crippen LogP contribution in [0.15, 0.2) is 0 Å². The Hall–Kier alpha value is -1.15. The Morgan fingerprint density at radius 1 is 1.50 bits per heavy atom. The highest BCUT2D eigenvalue weighted by Crippen LogP contribution is 2.23. The molecule has 1 heterocycles. The quantitative estimate of drug-likeness (QED) is 0.645. The number of aliphatic carboxylic acids is 1. The molecule has 0 aliphatic carbocycles. The molecule has 0 saturated carbocycles. The molecule has 16 heavy (non-hydrogen) atoms. The predicted octanol–water partition coefficient (Wildman–Crippen LogP) is -1.26.